The molecule has 0 spiro atoms. The molecule has 2 heterocycles. The molecule has 0 atom stereocenters. The maximum absolute atomic E-state index is 12.6. The van der Waals surface area contributed by atoms with E-state index in [2.05, 4.69) is 38.1 Å². The van der Waals surface area contributed by atoms with Gasteiger partial charge in [0.2, 0.25) is 0 Å². The summed E-state index contributed by atoms with van der Waals surface area (Å²) in [6, 6.07) is 14.9. The van der Waals surface area contributed by atoms with Crippen LogP contribution in [0.25, 0.3) is 10.9 Å². The van der Waals surface area contributed by atoms with E-state index in [9.17, 15) is 14.0 Å². The third kappa shape index (κ3) is 4.50. The number of nitriles is 1. The van der Waals surface area contributed by atoms with Gasteiger partial charge in [0.05, 0.1) is 16.8 Å². The third-order valence-corrected chi connectivity index (χ3v) is 5.35. The number of hydrogen-bond acceptors (Lipinski definition) is 5. The maximum Gasteiger partial charge on any atom is 0.387 e. The molecule has 3 aromatic rings. The molecule has 0 saturated carbocycles. The molecular formula is C23H22F2N4O. The van der Waals surface area contributed by atoms with Crippen molar-refractivity contribution in [3.8, 4) is 11.8 Å². The highest BCUT2D eigenvalue weighted by Gasteiger charge is 2.15. The third-order valence-electron chi connectivity index (χ3n) is 5.35. The molecule has 7 heteroatoms. The van der Waals surface area contributed by atoms with Crippen LogP contribution in [0.3, 0.4) is 0 Å². The van der Waals surface area contributed by atoms with E-state index < -0.39 is 6.61 Å². The number of anilines is 1. The van der Waals surface area contributed by atoms with Gasteiger partial charge in [-0.3, -0.25) is 9.88 Å². The predicted molar refractivity (Wildman–Crippen MR) is 111 cm³/mol. The van der Waals surface area contributed by atoms with Crippen molar-refractivity contribution in [1.29, 1.82) is 5.26 Å². The Balaban J connectivity index is 1.63. The minimum atomic E-state index is -2.91. The number of nitrogens with one attached hydrogen (secondary N) is 1. The molecular weight excluding hydrogens is 386 g/mol. The van der Waals surface area contributed by atoms with Crippen molar-refractivity contribution in [3.63, 3.8) is 0 Å². The summed E-state index contributed by atoms with van der Waals surface area (Å²) >= 11 is 0. The largest absolute Gasteiger partial charge is 0.435 e. The van der Waals surface area contributed by atoms with E-state index in [1.165, 1.54) is 36.7 Å². The lowest BCUT2D eigenvalue weighted by atomic mass is 10.1. The minimum Gasteiger partial charge on any atom is -0.435 e. The average molecular weight is 408 g/mol. The van der Waals surface area contributed by atoms with Crippen LogP contribution in [-0.2, 0) is 13.1 Å². The van der Waals surface area contributed by atoms with E-state index in [1.54, 1.807) is 6.07 Å². The van der Waals surface area contributed by atoms with Gasteiger partial charge >= 0.3 is 6.61 Å². The molecule has 1 aliphatic rings. The maximum atomic E-state index is 12.6. The lowest BCUT2D eigenvalue weighted by Crippen LogP contribution is -2.19. The number of ether oxygens (including phenoxy) is 1. The van der Waals surface area contributed by atoms with E-state index in [-0.39, 0.29) is 5.75 Å². The number of aromatic nitrogens is 1. The van der Waals surface area contributed by atoms with Crippen molar-refractivity contribution in [2.75, 3.05) is 18.4 Å². The zero-order chi connectivity index (χ0) is 20.9. The van der Waals surface area contributed by atoms with Crippen LogP contribution in [0.2, 0.25) is 0 Å². The van der Waals surface area contributed by atoms with Gasteiger partial charge in [0.1, 0.15) is 11.8 Å². The van der Waals surface area contributed by atoms with Crippen molar-refractivity contribution in [3.05, 3.63) is 65.4 Å². The Hall–Kier alpha value is -3.24. The fourth-order valence-corrected chi connectivity index (χ4v) is 3.87. The second-order valence-corrected chi connectivity index (χ2v) is 7.32. The number of likely N-dealkylation sites (tertiary alicyclic amines) is 1. The first-order valence-corrected chi connectivity index (χ1v) is 9.95. The lowest BCUT2D eigenvalue weighted by molar-refractivity contribution is -0.0497. The molecule has 154 valence electrons. The summed E-state index contributed by atoms with van der Waals surface area (Å²) in [5, 5.41) is 13.5. The monoisotopic (exact) mass is 408 g/mol. The van der Waals surface area contributed by atoms with Gasteiger partial charge < -0.3 is 10.1 Å². The number of rotatable bonds is 7. The van der Waals surface area contributed by atoms with Gasteiger partial charge in [0.25, 0.3) is 0 Å². The summed E-state index contributed by atoms with van der Waals surface area (Å²) in [7, 11) is 0. The molecule has 5 nitrogen and oxygen atoms in total. The standard InChI is InChI=1S/C23H22F2N4O/c24-23(25)30-19-7-8-21-20(11-19)22(18(12-26)14-27-21)28-13-16-5-1-2-6-17(16)15-29-9-3-4-10-29/h1-2,5-8,11,14,23H,3-4,9-10,13,15H2,(H,27,28). The molecule has 1 saturated heterocycles. The Labute approximate surface area is 173 Å². The Morgan fingerprint density at radius 2 is 1.90 bits per heavy atom. The number of pyridine rings is 1. The lowest BCUT2D eigenvalue weighted by Gasteiger charge is -2.19. The first-order chi connectivity index (χ1) is 14.6. The molecule has 2 aromatic carbocycles. The molecule has 1 aliphatic heterocycles. The second-order valence-electron chi connectivity index (χ2n) is 7.32. The molecule has 0 aliphatic carbocycles. The second kappa shape index (κ2) is 9.06. The van der Waals surface area contributed by atoms with Gasteiger partial charge in [0, 0.05) is 24.7 Å². The van der Waals surface area contributed by atoms with Crippen LogP contribution in [0, 0.1) is 11.3 Å². The highest BCUT2D eigenvalue weighted by molar-refractivity contribution is 5.94. The molecule has 1 aromatic heterocycles. The van der Waals surface area contributed by atoms with Crippen molar-refractivity contribution >= 4 is 16.6 Å². The Morgan fingerprint density at radius 3 is 2.63 bits per heavy atom. The van der Waals surface area contributed by atoms with Crippen LogP contribution >= 0.6 is 0 Å². The zero-order valence-corrected chi connectivity index (χ0v) is 16.4. The molecule has 30 heavy (non-hydrogen) atoms. The van der Waals surface area contributed by atoms with E-state index in [0.29, 0.717) is 28.7 Å². The van der Waals surface area contributed by atoms with Crippen molar-refractivity contribution in [2.45, 2.75) is 32.5 Å². The van der Waals surface area contributed by atoms with Crippen LogP contribution in [0.15, 0.2) is 48.7 Å². The van der Waals surface area contributed by atoms with Gasteiger partial charge in [0.15, 0.2) is 0 Å². The summed E-state index contributed by atoms with van der Waals surface area (Å²) < 4.78 is 29.8. The summed E-state index contributed by atoms with van der Waals surface area (Å²) in [5.74, 6) is 0.0341. The molecule has 4 rings (SSSR count). The van der Waals surface area contributed by atoms with Crippen LogP contribution in [0.5, 0.6) is 5.75 Å². The summed E-state index contributed by atoms with van der Waals surface area (Å²) in [6.45, 7) is 0.720. The highest BCUT2D eigenvalue weighted by Crippen LogP contribution is 2.30. The smallest absolute Gasteiger partial charge is 0.387 e. The fraction of sp³-hybridized carbons (Fsp3) is 0.304. The average Bonchev–Trinajstić information content (AvgIpc) is 3.25. The predicted octanol–water partition coefficient (Wildman–Crippen LogP) is 4.92. The molecule has 1 N–H and O–H groups in total. The number of nitrogens with zero attached hydrogens (tertiary/aromatic N) is 3. The molecule has 0 amide bonds. The van der Waals surface area contributed by atoms with Gasteiger partial charge in [-0.2, -0.15) is 14.0 Å². The first-order valence-electron chi connectivity index (χ1n) is 9.95. The highest BCUT2D eigenvalue weighted by atomic mass is 19.3. The quantitative estimate of drug-likeness (QED) is 0.602. The molecule has 0 radical (unpaired) electrons. The summed E-state index contributed by atoms with van der Waals surface area (Å²) in [6.07, 6.45) is 3.96. The molecule has 0 bridgehead atoms. The van der Waals surface area contributed by atoms with E-state index >= 15 is 0 Å². The van der Waals surface area contributed by atoms with Gasteiger partial charge in [-0.1, -0.05) is 24.3 Å². The number of halogens is 2. The van der Waals surface area contributed by atoms with Crippen molar-refractivity contribution in [2.24, 2.45) is 0 Å². The molecule has 0 unspecified atom stereocenters. The van der Waals surface area contributed by atoms with E-state index in [1.807, 2.05) is 12.1 Å². The zero-order valence-electron chi connectivity index (χ0n) is 16.4. The fourth-order valence-electron chi connectivity index (χ4n) is 3.87. The van der Waals surface area contributed by atoms with Crippen molar-refractivity contribution < 1.29 is 13.5 Å². The van der Waals surface area contributed by atoms with Crippen LogP contribution in [0.4, 0.5) is 14.5 Å². The minimum absolute atomic E-state index is 0.0341. The van der Waals surface area contributed by atoms with Crippen molar-refractivity contribution in [1.82, 2.24) is 9.88 Å². The Bertz CT molecular complexity index is 1070. The number of alkyl halides is 2. The Morgan fingerprint density at radius 1 is 1.13 bits per heavy atom. The molecule has 1 fully saturated rings. The SMILES string of the molecule is N#Cc1cnc2ccc(OC(F)F)cc2c1NCc1ccccc1CN1CCCC1. The summed E-state index contributed by atoms with van der Waals surface area (Å²) in [5.41, 5.74) is 3.90. The van der Waals surface area contributed by atoms with Crippen LogP contribution < -0.4 is 10.1 Å². The van der Waals surface area contributed by atoms with E-state index in [0.717, 1.165) is 25.2 Å². The van der Waals surface area contributed by atoms with Gasteiger partial charge in [-0.05, 0) is 55.3 Å². The summed E-state index contributed by atoms with van der Waals surface area (Å²) in [4.78, 5) is 6.70. The van der Waals surface area contributed by atoms with Crippen LogP contribution in [0.1, 0.15) is 29.5 Å². The number of benzene rings is 2. The topological polar surface area (TPSA) is 61.2 Å². The first kappa shape index (κ1) is 20.0. The van der Waals surface area contributed by atoms with E-state index in [4.69, 9.17) is 0 Å². The number of hydrogen-bond donors (Lipinski definition) is 1. The van der Waals surface area contributed by atoms with Crippen LogP contribution in [-0.4, -0.2) is 29.6 Å². The Kier molecular flexibility index (Phi) is 6.05. The van der Waals surface area contributed by atoms with Gasteiger partial charge in [-0.15, -0.1) is 0 Å². The number of fused-ring (bicyclic) bond motifs is 1. The van der Waals surface area contributed by atoms with Gasteiger partial charge in [-0.25, -0.2) is 0 Å². The normalized spacial score (nSPS) is 14.2.